The van der Waals surface area contributed by atoms with Crippen LogP contribution in [0.5, 0.6) is 0 Å². The van der Waals surface area contributed by atoms with Crippen LogP contribution in [0.2, 0.25) is 0 Å². The van der Waals surface area contributed by atoms with E-state index in [1.807, 2.05) is 30.3 Å². The number of hydrogen-bond acceptors (Lipinski definition) is 6. The van der Waals surface area contributed by atoms with Crippen LogP contribution in [0.1, 0.15) is 34.3 Å². The van der Waals surface area contributed by atoms with Crippen molar-refractivity contribution in [2.75, 3.05) is 62.0 Å². The van der Waals surface area contributed by atoms with Gasteiger partial charge in [0.1, 0.15) is 11.6 Å². The number of ether oxygens (including phenoxy) is 1. The molecule has 2 fully saturated rings. The molecule has 3 aromatic carbocycles. The van der Waals surface area contributed by atoms with Crippen LogP contribution in [-0.2, 0) is 11.2 Å². The number of halogens is 2. The molecule has 5 N–H and O–H groups in total. The molecule has 4 aromatic rings. The molecular formula is C31H36F2N6O3. The third kappa shape index (κ3) is 6.70. The van der Waals surface area contributed by atoms with E-state index < -0.39 is 11.6 Å². The number of amides is 1. The molecule has 11 heteroatoms. The Labute approximate surface area is 243 Å². The van der Waals surface area contributed by atoms with Gasteiger partial charge in [-0.25, -0.2) is 8.78 Å². The Bertz CT molecular complexity index is 1530. The lowest BCUT2D eigenvalue weighted by molar-refractivity contribution is 0.0904. The fourth-order valence-corrected chi connectivity index (χ4v) is 5.56. The molecule has 42 heavy (non-hydrogen) atoms. The molecular weight excluding hydrogens is 542 g/mol. The fraction of sp³-hybridized carbons (Fsp3) is 0.355. The summed E-state index contributed by atoms with van der Waals surface area (Å²) in [5, 5.41) is 14.6. The smallest absolute Gasteiger partial charge is 0.258 e. The quantitative estimate of drug-likeness (QED) is 0.303. The summed E-state index contributed by atoms with van der Waals surface area (Å²) in [5.74, 6) is -1.09. The second-order valence-electron chi connectivity index (χ2n) is 10.9. The molecule has 0 saturated carbocycles. The van der Waals surface area contributed by atoms with E-state index >= 15 is 0 Å². The van der Waals surface area contributed by atoms with E-state index in [-0.39, 0.29) is 17.4 Å². The number of piperazine rings is 1. The highest BCUT2D eigenvalue weighted by atomic mass is 19.1. The van der Waals surface area contributed by atoms with Crippen molar-refractivity contribution < 1.29 is 23.8 Å². The van der Waals surface area contributed by atoms with Gasteiger partial charge in [-0.1, -0.05) is 6.07 Å². The molecule has 0 unspecified atom stereocenters. The number of aromatic amines is 1. The summed E-state index contributed by atoms with van der Waals surface area (Å²) in [5.41, 5.74) is 4.54. The van der Waals surface area contributed by atoms with Gasteiger partial charge in [-0.05, 0) is 79.9 Å². The molecule has 9 nitrogen and oxygen atoms in total. The lowest BCUT2D eigenvalue weighted by atomic mass is 10.0. The van der Waals surface area contributed by atoms with Crippen molar-refractivity contribution in [1.82, 2.24) is 15.1 Å². The normalized spacial score (nSPS) is 16.3. The number of hydrogen-bond donors (Lipinski definition) is 3. The maximum Gasteiger partial charge on any atom is 0.258 e. The molecule has 222 valence electrons. The predicted molar refractivity (Wildman–Crippen MR) is 160 cm³/mol. The number of carbonyl (C=O) groups excluding carboxylic acids is 1. The summed E-state index contributed by atoms with van der Waals surface area (Å²) in [4.78, 5) is 18.3. The van der Waals surface area contributed by atoms with Crippen LogP contribution >= 0.6 is 0 Å². The first kappa shape index (κ1) is 29.4. The number of fused-ring (bicyclic) bond motifs is 1. The number of aromatic nitrogens is 2. The standard InChI is InChI=1S/C31H34F2N6O2.H2O/c1-38-8-10-39(11-9-38)25-3-4-26(29(19-25)34-24-6-12-41-13-7-24)31(40)35-30-27-17-20(2-5-28(27)36-37-30)14-21-15-22(32)18-23(33)16-21;/h2-5,15-19,24,34H,6-14H2,1H3,(H2,35,36,37,40);1H2. The van der Waals surface area contributed by atoms with Gasteiger partial charge in [0.15, 0.2) is 5.82 Å². The Morgan fingerprint density at radius 1 is 0.976 bits per heavy atom. The lowest BCUT2D eigenvalue weighted by Crippen LogP contribution is -2.44. The van der Waals surface area contributed by atoms with Crippen LogP contribution in [0.3, 0.4) is 0 Å². The van der Waals surface area contributed by atoms with Gasteiger partial charge in [0.05, 0.1) is 11.1 Å². The minimum Gasteiger partial charge on any atom is -0.412 e. The monoisotopic (exact) mass is 578 g/mol. The SMILES string of the molecule is CN1CCN(c2ccc(C(=O)Nc3n[nH]c4ccc(Cc5cc(F)cc(F)c5)cc34)c(NC3CCOCC3)c2)CC1.O. The van der Waals surface area contributed by atoms with Crippen molar-refractivity contribution in [3.8, 4) is 0 Å². The maximum absolute atomic E-state index is 13.7. The minimum absolute atomic E-state index is 0. The van der Waals surface area contributed by atoms with E-state index in [0.717, 1.165) is 72.9 Å². The number of anilines is 3. The van der Waals surface area contributed by atoms with Gasteiger partial charge >= 0.3 is 0 Å². The number of nitrogens with zero attached hydrogens (tertiary/aromatic N) is 3. The Morgan fingerprint density at radius 2 is 1.71 bits per heavy atom. The lowest BCUT2D eigenvalue weighted by Gasteiger charge is -2.34. The minimum atomic E-state index is -0.610. The molecule has 3 heterocycles. The number of rotatable bonds is 7. The van der Waals surface area contributed by atoms with Crippen LogP contribution in [-0.4, -0.2) is 79.0 Å². The Hall–Kier alpha value is -4.06. The molecule has 0 radical (unpaired) electrons. The molecule has 2 saturated heterocycles. The summed E-state index contributed by atoms with van der Waals surface area (Å²) in [7, 11) is 2.13. The Balaban J connectivity index is 0.00000353. The van der Waals surface area contributed by atoms with Crippen LogP contribution in [0.15, 0.2) is 54.6 Å². The summed E-state index contributed by atoms with van der Waals surface area (Å²) in [6.07, 6.45) is 2.10. The number of benzene rings is 3. The highest BCUT2D eigenvalue weighted by molar-refractivity contribution is 6.11. The maximum atomic E-state index is 13.7. The number of carbonyl (C=O) groups is 1. The van der Waals surface area contributed by atoms with Crippen LogP contribution in [0, 0.1) is 11.6 Å². The molecule has 6 rings (SSSR count). The van der Waals surface area contributed by atoms with E-state index in [1.165, 1.54) is 12.1 Å². The average molecular weight is 579 g/mol. The van der Waals surface area contributed by atoms with Crippen LogP contribution < -0.4 is 15.5 Å². The topological polar surface area (TPSA) is 117 Å². The molecule has 0 bridgehead atoms. The van der Waals surface area contributed by atoms with Gasteiger partial charge in [-0.3, -0.25) is 9.89 Å². The molecule has 1 aromatic heterocycles. The van der Waals surface area contributed by atoms with E-state index in [0.29, 0.717) is 36.6 Å². The van der Waals surface area contributed by atoms with Gasteiger partial charge < -0.3 is 30.6 Å². The van der Waals surface area contributed by atoms with Crippen molar-refractivity contribution in [3.63, 3.8) is 0 Å². The second kappa shape index (κ2) is 12.8. The third-order valence-corrected chi connectivity index (χ3v) is 7.89. The van der Waals surface area contributed by atoms with Gasteiger partial charge in [-0.15, -0.1) is 0 Å². The molecule has 0 spiro atoms. The summed E-state index contributed by atoms with van der Waals surface area (Å²) in [6.45, 7) is 5.24. The van der Waals surface area contributed by atoms with Crippen molar-refractivity contribution in [3.05, 3.63) is 82.9 Å². The molecule has 1 amide bonds. The average Bonchev–Trinajstić information content (AvgIpc) is 3.35. The first-order valence-corrected chi connectivity index (χ1v) is 14.1. The van der Waals surface area contributed by atoms with E-state index in [4.69, 9.17) is 4.74 Å². The second-order valence-corrected chi connectivity index (χ2v) is 10.9. The van der Waals surface area contributed by atoms with Gasteiger partial charge in [-0.2, -0.15) is 5.10 Å². The first-order valence-electron chi connectivity index (χ1n) is 14.1. The van der Waals surface area contributed by atoms with Crippen molar-refractivity contribution in [1.29, 1.82) is 0 Å². The van der Waals surface area contributed by atoms with Crippen molar-refractivity contribution in [2.24, 2.45) is 0 Å². The number of likely N-dealkylation sites (N-methyl/N-ethyl adjacent to an activating group) is 1. The first-order chi connectivity index (χ1) is 19.9. The number of H-pyrrole nitrogens is 1. The zero-order valence-corrected chi connectivity index (χ0v) is 23.6. The van der Waals surface area contributed by atoms with Gasteiger partial charge in [0.25, 0.3) is 5.91 Å². The highest BCUT2D eigenvalue weighted by Crippen LogP contribution is 2.29. The summed E-state index contributed by atoms with van der Waals surface area (Å²) >= 11 is 0. The summed E-state index contributed by atoms with van der Waals surface area (Å²) < 4.78 is 33.0. The molecule has 0 atom stereocenters. The van der Waals surface area contributed by atoms with E-state index in [1.54, 1.807) is 0 Å². The van der Waals surface area contributed by atoms with Gasteiger partial charge in [0, 0.05) is 68.3 Å². The fourth-order valence-electron chi connectivity index (χ4n) is 5.56. The Morgan fingerprint density at radius 3 is 2.45 bits per heavy atom. The molecule has 0 aliphatic carbocycles. The van der Waals surface area contributed by atoms with E-state index in [9.17, 15) is 13.6 Å². The zero-order valence-electron chi connectivity index (χ0n) is 23.6. The number of nitrogens with one attached hydrogen (secondary N) is 3. The third-order valence-electron chi connectivity index (χ3n) is 7.89. The largest absolute Gasteiger partial charge is 0.412 e. The highest BCUT2D eigenvalue weighted by Gasteiger charge is 2.22. The van der Waals surface area contributed by atoms with Crippen LogP contribution in [0.25, 0.3) is 10.9 Å². The van der Waals surface area contributed by atoms with E-state index in [2.05, 4.69) is 43.7 Å². The zero-order chi connectivity index (χ0) is 28.3. The van der Waals surface area contributed by atoms with Crippen LogP contribution in [0.4, 0.5) is 26.0 Å². The Kier molecular flexibility index (Phi) is 9.00. The summed E-state index contributed by atoms with van der Waals surface area (Å²) in [6, 6.07) is 15.3. The van der Waals surface area contributed by atoms with Crippen molar-refractivity contribution in [2.45, 2.75) is 25.3 Å². The molecule has 2 aliphatic heterocycles. The molecule has 2 aliphatic rings. The van der Waals surface area contributed by atoms with Crippen molar-refractivity contribution >= 4 is 34.0 Å². The van der Waals surface area contributed by atoms with Gasteiger partial charge in [0.2, 0.25) is 0 Å². The predicted octanol–water partition coefficient (Wildman–Crippen LogP) is 4.20.